The number of benzene rings is 2. The van der Waals surface area contributed by atoms with Crippen molar-refractivity contribution in [3.8, 4) is 11.7 Å². The van der Waals surface area contributed by atoms with Crippen LogP contribution in [0.25, 0.3) is 11.7 Å². The SMILES string of the molecule is O=C1Nc2ccccc2C(c2ccccc2)=N[C@@H]1Nc1nnc(-c2ncccn2)o1. The lowest BCUT2D eigenvalue weighted by atomic mass is 10.0. The van der Waals surface area contributed by atoms with Gasteiger partial charge in [-0.15, -0.1) is 5.10 Å². The van der Waals surface area contributed by atoms with Gasteiger partial charge >= 0.3 is 6.01 Å². The van der Waals surface area contributed by atoms with Crippen molar-refractivity contribution < 1.29 is 9.21 Å². The van der Waals surface area contributed by atoms with Crippen molar-refractivity contribution in [3.05, 3.63) is 84.2 Å². The molecule has 3 heterocycles. The number of nitrogens with zero attached hydrogens (tertiary/aromatic N) is 5. The number of rotatable bonds is 4. The van der Waals surface area contributed by atoms with E-state index in [-0.39, 0.29) is 17.8 Å². The second-order valence-electron chi connectivity index (χ2n) is 6.41. The van der Waals surface area contributed by atoms with Crippen molar-refractivity contribution in [2.45, 2.75) is 6.17 Å². The fourth-order valence-electron chi connectivity index (χ4n) is 3.08. The summed E-state index contributed by atoms with van der Waals surface area (Å²) in [6.07, 6.45) is 2.18. The van der Waals surface area contributed by atoms with Crippen molar-refractivity contribution in [2.24, 2.45) is 4.99 Å². The first-order chi connectivity index (χ1) is 14.8. The lowest BCUT2D eigenvalue weighted by Gasteiger charge is -2.11. The molecule has 0 aliphatic carbocycles. The predicted molar refractivity (Wildman–Crippen MR) is 110 cm³/mol. The number of amides is 1. The monoisotopic (exact) mass is 397 g/mol. The first-order valence-electron chi connectivity index (χ1n) is 9.19. The van der Waals surface area contributed by atoms with Gasteiger partial charge in [-0.2, -0.15) is 0 Å². The van der Waals surface area contributed by atoms with E-state index in [1.54, 1.807) is 18.5 Å². The molecule has 0 saturated heterocycles. The van der Waals surface area contributed by atoms with Gasteiger partial charge in [-0.25, -0.2) is 15.0 Å². The Morgan fingerprint density at radius 1 is 0.900 bits per heavy atom. The standard InChI is InChI=1S/C21H15N7O2/c29-19-17(26-21-28-27-20(30-21)18-22-11-6-12-23-18)25-16(13-7-2-1-3-8-13)14-9-4-5-10-15(14)24-19/h1-12,17H,(H,24,29)(H,26,28)/t17-/m1/s1. The number of fused-ring (bicyclic) bond motifs is 1. The molecule has 0 radical (unpaired) electrons. The maximum atomic E-state index is 12.8. The summed E-state index contributed by atoms with van der Waals surface area (Å²) in [5, 5.41) is 13.7. The largest absolute Gasteiger partial charge is 0.400 e. The molecule has 5 rings (SSSR count). The van der Waals surface area contributed by atoms with E-state index in [4.69, 9.17) is 4.42 Å². The van der Waals surface area contributed by atoms with Crippen LogP contribution in [0.3, 0.4) is 0 Å². The van der Waals surface area contributed by atoms with Crippen LogP contribution >= 0.6 is 0 Å². The Morgan fingerprint density at radius 3 is 2.50 bits per heavy atom. The highest BCUT2D eigenvalue weighted by Gasteiger charge is 2.27. The number of aliphatic imine (C=N–C) groups is 1. The highest BCUT2D eigenvalue weighted by molar-refractivity contribution is 6.19. The van der Waals surface area contributed by atoms with E-state index in [2.05, 4.69) is 35.8 Å². The Morgan fingerprint density at radius 2 is 1.67 bits per heavy atom. The number of anilines is 2. The molecule has 9 heteroatoms. The molecule has 9 nitrogen and oxygen atoms in total. The molecule has 2 N–H and O–H groups in total. The Bertz CT molecular complexity index is 1220. The van der Waals surface area contributed by atoms with Crippen LogP contribution in [0.4, 0.5) is 11.7 Å². The first-order valence-corrected chi connectivity index (χ1v) is 9.19. The summed E-state index contributed by atoms with van der Waals surface area (Å²) in [5.74, 6) is 0.0935. The minimum atomic E-state index is -0.974. The molecular formula is C21H15N7O2. The number of benzodiazepines with no additional fused rings is 1. The smallest absolute Gasteiger partial charge is 0.317 e. The van der Waals surface area contributed by atoms with Crippen molar-refractivity contribution in [2.75, 3.05) is 10.6 Å². The molecule has 0 fully saturated rings. The van der Waals surface area contributed by atoms with E-state index in [1.807, 2.05) is 54.6 Å². The number of aromatic nitrogens is 4. The van der Waals surface area contributed by atoms with Crippen LogP contribution in [-0.2, 0) is 4.79 Å². The minimum Gasteiger partial charge on any atom is -0.400 e. The van der Waals surface area contributed by atoms with Gasteiger partial charge in [0.25, 0.3) is 11.8 Å². The lowest BCUT2D eigenvalue weighted by molar-refractivity contribution is -0.116. The third-order valence-electron chi connectivity index (χ3n) is 4.44. The quantitative estimate of drug-likeness (QED) is 0.543. The summed E-state index contributed by atoms with van der Waals surface area (Å²) >= 11 is 0. The predicted octanol–water partition coefficient (Wildman–Crippen LogP) is 2.75. The Kier molecular flexibility index (Phi) is 4.45. The van der Waals surface area contributed by atoms with Gasteiger partial charge in [0.15, 0.2) is 0 Å². The summed E-state index contributed by atoms with van der Waals surface area (Å²) in [5.41, 5.74) is 3.06. The maximum absolute atomic E-state index is 12.8. The highest BCUT2D eigenvalue weighted by Crippen LogP contribution is 2.25. The average molecular weight is 397 g/mol. The molecule has 0 spiro atoms. The first kappa shape index (κ1) is 17.7. The zero-order chi connectivity index (χ0) is 20.3. The lowest BCUT2D eigenvalue weighted by Crippen LogP contribution is -2.32. The molecule has 0 unspecified atom stereocenters. The zero-order valence-electron chi connectivity index (χ0n) is 15.6. The Hall–Kier alpha value is -4.40. The van der Waals surface area contributed by atoms with Gasteiger partial charge < -0.3 is 15.1 Å². The van der Waals surface area contributed by atoms with Crippen LogP contribution in [0, 0.1) is 0 Å². The van der Waals surface area contributed by atoms with Crippen LogP contribution in [0.2, 0.25) is 0 Å². The summed E-state index contributed by atoms with van der Waals surface area (Å²) < 4.78 is 5.57. The molecule has 146 valence electrons. The summed E-state index contributed by atoms with van der Waals surface area (Å²) in [7, 11) is 0. The summed E-state index contributed by atoms with van der Waals surface area (Å²) in [6.45, 7) is 0. The summed E-state index contributed by atoms with van der Waals surface area (Å²) in [4.78, 5) is 25.7. The molecule has 1 amide bonds. The molecule has 4 aromatic rings. The second kappa shape index (κ2) is 7.55. The number of hydrogen-bond donors (Lipinski definition) is 2. The normalized spacial score (nSPS) is 15.5. The molecular weight excluding hydrogens is 382 g/mol. The fourth-order valence-corrected chi connectivity index (χ4v) is 3.08. The van der Waals surface area contributed by atoms with E-state index in [1.165, 1.54) is 0 Å². The van der Waals surface area contributed by atoms with Crippen LogP contribution < -0.4 is 10.6 Å². The van der Waals surface area contributed by atoms with Gasteiger partial charge in [0, 0.05) is 23.5 Å². The molecule has 1 aliphatic rings. The van der Waals surface area contributed by atoms with Crippen molar-refractivity contribution in [1.82, 2.24) is 20.2 Å². The third-order valence-corrected chi connectivity index (χ3v) is 4.44. The molecule has 2 aromatic heterocycles. The third kappa shape index (κ3) is 3.39. The van der Waals surface area contributed by atoms with Crippen LogP contribution in [0.15, 0.2) is 82.5 Å². The van der Waals surface area contributed by atoms with Gasteiger partial charge in [-0.05, 0) is 12.1 Å². The van der Waals surface area contributed by atoms with Gasteiger partial charge in [0.1, 0.15) is 0 Å². The highest BCUT2D eigenvalue weighted by atomic mass is 16.4. The van der Waals surface area contributed by atoms with E-state index < -0.39 is 6.17 Å². The topological polar surface area (TPSA) is 118 Å². The molecule has 1 atom stereocenters. The van der Waals surface area contributed by atoms with Gasteiger partial charge in [-0.1, -0.05) is 53.6 Å². The van der Waals surface area contributed by atoms with E-state index >= 15 is 0 Å². The van der Waals surface area contributed by atoms with E-state index in [0.717, 1.165) is 11.1 Å². The minimum absolute atomic E-state index is 0.0414. The van der Waals surface area contributed by atoms with Crippen molar-refractivity contribution >= 4 is 23.3 Å². The Balaban J connectivity index is 1.51. The van der Waals surface area contributed by atoms with Crippen molar-refractivity contribution in [3.63, 3.8) is 0 Å². The molecule has 1 aliphatic heterocycles. The molecule has 0 bridgehead atoms. The van der Waals surface area contributed by atoms with Gasteiger partial charge in [0.05, 0.1) is 11.4 Å². The number of para-hydroxylation sites is 1. The average Bonchev–Trinajstić information content (AvgIpc) is 3.21. The Labute approximate surface area is 170 Å². The summed E-state index contributed by atoms with van der Waals surface area (Å²) in [6, 6.07) is 18.9. The van der Waals surface area contributed by atoms with Crippen LogP contribution in [0.5, 0.6) is 0 Å². The second-order valence-corrected chi connectivity index (χ2v) is 6.41. The van der Waals surface area contributed by atoms with Crippen LogP contribution in [-0.4, -0.2) is 37.9 Å². The maximum Gasteiger partial charge on any atom is 0.317 e. The molecule has 2 aromatic carbocycles. The van der Waals surface area contributed by atoms with E-state index in [9.17, 15) is 4.79 Å². The zero-order valence-corrected chi connectivity index (χ0v) is 15.6. The van der Waals surface area contributed by atoms with Crippen LogP contribution in [0.1, 0.15) is 11.1 Å². The number of carbonyl (C=O) groups is 1. The van der Waals surface area contributed by atoms with Gasteiger partial charge in [-0.3, -0.25) is 4.79 Å². The number of hydrogen-bond acceptors (Lipinski definition) is 8. The van der Waals surface area contributed by atoms with Crippen molar-refractivity contribution in [1.29, 1.82) is 0 Å². The number of nitrogens with one attached hydrogen (secondary N) is 2. The molecule has 0 saturated carbocycles. The number of carbonyl (C=O) groups excluding carboxylic acids is 1. The van der Waals surface area contributed by atoms with E-state index in [0.29, 0.717) is 17.2 Å². The molecule has 30 heavy (non-hydrogen) atoms. The fraction of sp³-hybridized carbons (Fsp3) is 0.0476. The van der Waals surface area contributed by atoms with Gasteiger partial charge in [0.2, 0.25) is 12.0 Å².